The third-order valence-corrected chi connectivity index (χ3v) is 2.40. The van der Waals surface area contributed by atoms with Gasteiger partial charge in [0.1, 0.15) is 6.29 Å². The lowest BCUT2D eigenvalue weighted by atomic mass is 10.1. The van der Waals surface area contributed by atoms with Crippen molar-refractivity contribution in [3.8, 4) is 11.5 Å². The monoisotopic (exact) mass is 254 g/mol. The summed E-state index contributed by atoms with van der Waals surface area (Å²) in [6.45, 7) is 4.13. The molecule has 0 aliphatic heterocycles. The summed E-state index contributed by atoms with van der Waals surface area (Å²) in [7, 11) is 1.54. The van der Waals surface area contributed by atoms with E-state index in [2.05, 4.69) is 0 Å². The van der Waals surface area contributed by atoms with Gasteiger partial charge in [0.15, 0.2) is 11.5 Å². The van der Waals surface area contributed by atoms with Gasteiger partial charge in [0.25, 0.3) is 0 Å². The normalized spacial score (nSPS) is 11.2. The largest absolute Gasteiger partial charge is 0.491 e. The molecule has 0 bridgehead atoms. The van der Waals surface area contributed by atoms with Crippen LogP contribution in [0.2, 0.25) is 5.02 Å². The minimum Gasteiger partial charge on any atom is -0.491 e. The average molecular weight is 255 g/mol. The molecule has 0 fully saturated rings. The molecule has 3 nitrogen and oxygen atoms in total. The van der Waals surface area contributed by atoms with Gasteiger partial charge >= 0.3 is 0 Å². The van der Waals surface area contributed by atoms with Crippen molar-refractivity contribution in [2.45, 2.75) is 13.8 Å². The van der Waals surface area contributed by atoms with Crippen LogP contribution in [0, 0.1) is 0 Å². The zero-order valence-corrected chi connectivity index (χ0v) is 10.9. The molecule has 0 saturated carbocycles. The molecule has 0 aromatic heterocycles. The molecule has 0 unspecified atom stereocenters. The van der Waals surface area contributed by atoms with E-state index in [1.54, 1.807) is 25.1 Å². The van der Waals surface area contributed by atoms with Gasteiger partial charge in [0.2, 0.25) is 0 Å². The fourth-order valence-corrected chi connectivity index (χ4v) is 1.73. The molecule has 0 radical (unpaired) electrons. The van der Waals surface area contributed by atoms with E-state index in [-0.39, 0.29) is 0 Å². The summed E-state index contributed by atoms with van der Waals surface area (Å²) in [6, 6.07) is 3.52. The van der Waals surface area contributed by atoms with Crippen LogP contribution in [0.1, 0.15) is 19.4 Å². The Labute approximate surface area is 106 Å². The van der Waals surface area contributed by atoms with E-state index in [0.29, 0.717) is 28.7 Å². The molecule has 1 rings (SSSR count). The van der Waals surface area contributed by atoms with Crippen molar-refractivity contribution in [2.24, 2.45) is 0 Å². The van der Waals surface area contributed by atoms with E-state index in [1.165, 1.54) is 7.11 Å². The van der Waals surface area contributed by atoms with Crippen molar-refractivity contribution in [3.63, 3.8) is 0 Å². The fraction of sp³-hybridized carbons (Fsp3) is 0.308. The molecule has 0 atom stereocenters. The molecule has 1 aromatic carbocycles. The van der Waals surface area contributed by atoms with Crippen LogP contribution in [0.4, 0.5) is 0 Å². The molecule has 0 spiro atoms. The van der Waals surface area contributed by atoms with E-state index in [9.17, 15) is 4.79 Å². The zero-order chi connectivity index (χ0) is 12.8. The minimum absolute atomic E-state index is 0.461. The van der Waals surface area contributed by atoms with Gasteiger partial charge in [0.05, 0.1) is 18.7 Å². The van der Waals surface area contributed by atoms with Crippen LogP contribution in [0.5, 0.6) is 11.5 Å². The quantitative estimate of drug-likeness (QED) is 0.597. The summed E-state index contributed by atoms with van der Waals surface area (Å²) >= 11 is 6.07. The highest BCUT2D eigenvalue weighted by molar-refractivity contribution is 6.32. The molecule has 0 aliphatic carbocycles. The smallest absolute Gasteiger partial charge is 0.179 e. The van der Waals surface area contributed by atoms with Gasteiger partial charge in [-0.25, -0.2) is 0 Å². The lowest BCUT2D eigenvalue weighted by molar-refractivity contribution is -0.104. The maximum Gasteiger partial charge on any atom is 0.179 e. The van der Waals surface area contributed by atoms with E-state index >= 15 is 0 Å². The number of rotatable bonds is 5. The third-order valence-electron chi connectivity index (χ3n) is 2.12. The Bertz CT molecular complexity index is 439. The second-order valence-corrected chi connectivity index (χ2v) is 3.88. The third kappa shape index (κ3) is 3.49. The van der Waals surface area contributed by atoms with Gasteiger partial charge in [0, 0.05) is 0 Å². The van der Waals surface area contributed by atoms with Crippen molar-refractivity contribution >= 4 is 24.0 Å². The molecule has 0 amide bonds. The Morgan fingerprint density at radius 3 is 2.71 bits per heavy atom. The highest BCUT2D eigenvalue weighted by Gasteiger charge is 2.10. The van der Waals surface area contributed by atoms with Crippen LogP contribution < -0.4 is 9.47 Å². The molecule has 92 valence electrons. The van der Waals surface area contributed by atoms with Crippen LogP contribution in [0.3, 0.4) is 0 Å². The van der Waals surface area contributed by atoms with Gasteiger partial charge in [-0.1, -0.05) is 11.6 Å². The molecule has 17 heavy (non-hydrogen) atoms. The van der Waals surface area contributed by atoms with Crippen LogP contribution in [0.15, 0.2) is 17.7 Å². The fourth-order valence-electron chi connectivity index (χ4n) is 1.43. The highest BCUT2D eigenvalue weighted by atomic mass is 35.5. The van der Waals surface area contributed by atoms with Crippen molar-refractivity contribution < 1.29 is 14.3 Å². The van der Waals surface area contributed by atoms with Crippen LogP contribution in [0.25, 0.3) is 6.08 Å². The number of ether oxygens (including phenoxy) is 2. The van der Waals surface area contributed by atoms with Crippen LogP contribution in [-0.2, 0) is 4.79 Å². The summed E-state index contributed by atoms with van der Waals surface area (Å²) in [5.41, 5.74) is 1.43. The molecule has 0 N–H and O–H groups in total. The van der Waals surface area contributed by atoms with Crippen molar-refractivity contribution in [2.75, 3.05) is 13.7 Å². The summed E-state index contributed by atoms with van der Waals surface area (Å²) in [6.07, 6.45) is 2.53. The Morgan fingerprint density at radius 2 is 2.18 bits per heavy atom. The lowest BCUT2D eigenvalue weighted by Crippen LogP contribution is -1.96. The Morgan fingerprint density at radius 1 is 1.47 bits per heavy atom. The first-order chi connectivity index (χ1) is 8.12. The number of hydrogen-bond donors (Lipinski definition) is 0. The highest BCUT2D eigenvalue weighted by Crippen LogP contribution is 2.36. The van der Waals surface area contributed by atoms with Crippen molar-refractivity contribution in [1.82, 2.24) is 0 Å². The number of carbonyl (C=O) groups is 1. The van der Waals surface area contributed by atoms with Gasteiger partial charge < -0.3 is 9.47 Å². The number of halogens is 1. The first-order valence-electron chi connectivity index (χ1n) is 5.26. The van der Waals surface area contributed by atoms with Crippen LogP contribution >= 0.6 is 11.6 Å². The number of methoxy groups -OCH3 is 1. The Balaban J connectivity index is 3.23. The van der Waals surface area contributed by atoms with Crippen molar-refractivity contribution in [1.29, 1.82) is 0 Å². The molecule has 0 heterocycles. The van der Waals surface area contributed by atoms with Gasteiger partial charge in [-0.2, -0.15) is 0 Å². The molecule has 0 aliphatic rings. The number of benzene rings is 1. The second-order valence-electron chi connectivity index (χ2n) is 3.47. The maximum atomic E-state index is 10.6. The zero-order valence-electron chi connectivity index (χ0n) is 10.1. The molecule has 1 aromatic rings. The van der Waals surface area contributed by atoms with Gasteiger partial charge in [-0.15, -0.1) is 0 Å². The van der Waals surface area contributed by atoms with Gasteiger partial charge in [-0.3, -0.25) is 4.79 Å². The Kier molecular flexibility index (Phi) is 5.04. The average Bonchev–Trinajstić information content (AvgIpc) is 2.29. The molecule has 4 heteroatoms. The van der Waals surface area contributed by atoms with Gasteiger partial charge in [-0.05, 0) is 43.2 Å². The molecular weight excluding hydrogens is 240 g/mol. The van der Waals surface area contributed by atoms with Crippen LogP contribution in [-0.4, -0.2) is 20.0 Å². The maximum absolute atomic E-state index is 10.6. The van der Waals surface area contributed by atoms with E-state index in [4.69, 9.17) is 21.1 Å². The number of allylic oxidation sites excluding steroid dienone is 1. The minimum atomic E-state index is 0.461. The van der Waals surface area contributed by atoms with E-state index < -0.39 is 0 Å². The first-order valence-corrected chi connectivity index (χ1v) is 5.64. The predicted molar refractivity (Wildman–Crippen MR) is 68.9 cm³/mol. The molecular formula is C13H15ClO3. The number of carbonyl (C=O) groups excluding carboxylic acids is 1. The first kappa shape index (κ1) is 13.6. The summed E-state index contributed by atoms with van der Waals surface area (Å²) in [4.78, 5) is 10.6. The topological polar surface area (TPSA) is 35.5 Å². The Hall–Kier alpha value is -1.48. The van der Waals surface area contributed by atoms with E-state index in [0.717, 1.165) is 11.8 Å². The summed E-state index contributed by atoms with van der Waals surface area (Å²) in [5.74, 6) is 1.09. The second kappa shape index (κ2) is 6.30. The lowest BCUT2D eigenvalue weighted by Gasteiger charge is -2.11. The number of aldehydes is 1. The molecule has 0 saturated heterocycles. The van der Waals surface area contributed by atoms with Crippen molar-refractivity contribution in [3.05, 3.63) is 28.3 Å². The summed E-state index contributed by atoms with van der Waals surface area (Å²) in [5, 5.41) is 0.461. The number of hydrogen-bond acceptors (Lipinski definition) is 3. The standard InChI is InChI=1S/C13H15ClO3/c1-4-17-12-7-10(5-9(2)8-15)6-11(14)13(12)16-3/h5-8H,4H2,1-3H3. The predicted octanol–water partition coefficient (Wildman–Crippen LogP) is 3.35. The summed E-state index contributed by atoms with van der Waals surface area (Å²) < 4.78 is 10.6. The van der Waals surface area contributed by atoms with E-state index in [1.807, 2.05) is 6.92 Å². The SMILES string of the molecule is CCOc1cc(C=C(C)C=O)cc(Cl)c1OC.